The molecule has 0 radical (unpaired) electrons. The fraction of sp³-hybridized carbons (Fsp3) is 0.857. The zero-order valence-electron chi connectivity index (χ0n) is 11.9. The van der Waals surface area contributed by atoms with Crippen LogP contribution < -0.4 is 11.5 Å². The van der Waals surface area contributed by atoms with Crippen LogP contribution in [0.2, 0.25) is 0 Å². The van der Waals surface area contributed by atoms with Gasteiger partial charge in [0.15, 0.2) is 0 Å². The Kier molecular flexibility index (Phi) is 6.84. The third-order valence-corrected chi connectivity index (χ3v) is 3.84. The quantitative estimate of drug-likeness (QED) is 0.722. The topological polar surface area (TPSA) is 89.4 Å². The Morgan fingerprint density at radius 2 is 1.84 bits per heavy atom. The highest BCUT2D eigenvalue weighted by Crippen LogP contribution is 2.26. The third-order valence-electron chi connectivity index (χ3n) is 3.84. The SMILES string of the molecule is CCCCN(CC(N)=O)C(=O)CC1CCC(N)CC1. The van der Waals surface area contributed by atoms with Crippen molar-refractivity contribution in [2.45, 2.75) is 57.9 Å². The summed E-state index contributed by atoms with van der Waals surface area (Å²) in [5, 5.41) is 0. The van der Waals surface area contributed by atoms with Crippen LogP contribution in [0.4, 0.5) is 0 Å². The molecule has 0 aliphatic heterocycles. The fourth-order valence-electron chi connectivity index (χ4n) is 2.60. The van der Waals surface area contributed by atoms with Crippen molar-refractivity contribution in [3.63, 3.8) is 0 Å². The van der Waals surface area contributed by atoms with Crippen LogP contribution in [0.25, 0.3) is 0 Å². The molecule has 0 heterocycles. The van der Waals surface area contributed by atoms with Gasteiger partial charge in [-0.3, -0.25) is 9.59 Å². The van der Waals surface area contributed by atoms with Crippen molar-refractivity contribution in [2.75, 3.05) is 13.1 Å². The second-order valence-corrected chi connectivity index (χ2v) is 5.62. The summed E-state index contributed by atoms with van der Waals surface area (Å²) in [6.45, 7) is 2.74. The van der Waals surface area contributed by atoms with E-state index in [4.69, 9.17) is 11.5 Å². The number of hydrogen-bond donors (Lipinski definition) is 2. The molecule has 19 heavy (non-hydrogen) atoms. The zero-order valence-corrected chi connectivity index (χ0v) is 11.9. The molecule has 0 aromatic heterocycles. The highest BCUT2D eigenvalue weighted by Gasteiger charge is 2.24. The van der Waals surface area contributed by atoms with Crippen LogP contribution in [0.5, 0.6) is 0 Å². The van der Waals surface area contributed by atoms with E-state index in [-0.39, 0.29) is 12.5 Å². The summed E-state index contributed by atoms with van der Waals surface area (Å²) in [5.41, 5.74) is 11.1. The van der Waals surface area contributed by atoms with Crippen LogP contribution in [0, 0.1) is 5.92 Å². The molecule has 1 saturated carbocycles. The van der Waals surface area contributed by atoms with E-state index in [1.54, 1.807) is 4.90 Å². The van der Waals surface area contributed by atoms with Crippen molar-refractivity contribution in [2.24, 2.45) is 17.4 Å². The van der Waals surface area contributed by atoms with Gasteiger partial charge in [-0.1, -0.05) is 13.3 Å². The Balaban J connectivity index is 2.43. The summed E-state index contributed by atoms with van der Waals surface area (Å²) >= 11 is 0. The van der Waals surface area contributed by atoms with E-state index < -0.39 is 5.91 Å². The van der Waals surface area contributed by atoms with Gasteiger partial charge in [0.2, 0.25) is 11.8 Å². The van der Waals surface area contributed by atoms with Gasteiger partial charge in [-0.2, -0.15) is 0 Å². The van der Waals surface area contributed by atoms with Crippen LogP contribution >= 0.6 is 0 Å². The first kappa shape index (κ1) is 16.0. The van der Waals surface area contributed by atoms with Crippen LogP contribution in [0.3, 0.4) is 0 Å². The van der Waals surface area contributed by atoms with Crippen LogP contribution in [0.15, 0.2) is 0 Å². The summed E-state index contributed by atoms with van der Waals surface area (Å²) in [6.07, 6.45) is 6.49. The summed E-state index contributed by atoms with van der Waals surface area (Å²) in [4.78, 5) is 24.9. The lowest BCUT2D eigenvalue weighted by Gasteiger charge is -2.28. The van der Waals surface area contributed by atoms with Crippen molar-refractivity contribution >= 4 is 11.8 Å². The van der Waals surface area contributed by atoms with E-state index in [2.05, 4.69) is 6.92 Å². The zero-order chi connectivity index (χ0) is 14.3. The molecule has 110 valence electrons. The number of amides is 2. The molecule has 0 aromatic carbocycles. The maximum Gasteiger partial charge on any atom is 0.237 e. The molecule has 4 N–H and O–H groups in total. The van der Waals surface area contributed by atoms with Gasteiger partial charge in [0, 0.05) is 19.0 Å². The molecule has 0 aromatic rings. The summed E-state index contributed by atoms with van der Waals surface area (Å²) in [5.74, 6) is 0.0483. The Morgan fingerprint density at radius 1 is 1.21 bits per heavy atom. The molecule has 0 saturated heterocycles. The number of carbonyl (C=O) groups excluding carboxylic acids is 2. The van der Waals surface area contributed by atoms with E-state index >= 15 is 0 Å². The normalized spacial score (nSPS) is 23.1. The number of rotatable bonds is 7. The number of unbranched alkanes of at least 4 members (excludes halogenated alkanes) is 1. The first-order valence-corrected chi connectivity index (χ1v) is 7.34. The number of nitrogens with two attached hydrogens (primary N) is 2. The summed E-state index contributed by atoms with van der Waals surface area (Å²) < 4.78 is 0. The summed E-state index contributed by atoms with van der Waals surface area (Å²) in [6, 6.07) is 0.299. The van der Waals surface area contributed by atoms with Crippen molar-refractivity contribution < 1.29 is 9.59 Å². The Morgan fingerprint density at radius 3 is 2.37 bits per heavy atom. The van der Waals surface area contributed by atoms with Crippen molar-refractivity contribution in [3.8, 4) is 0 Å². The second-order valence-electron chi connectivity index (χ2n) is 5.62. The predicted molar refractivity (Wildman–Crippen MR) is 75.2 cm³/mol. The van der Waals surface area contributed by atoms with Crippen LogP contribution in [0.1, 0.15) is 51.9 Å². The molecule has 5 heteroatoms. The third kappa shape index (κ3) is 6.05. The molecule has 0 unspecified atom stereocenters. The maximum atomic E-state index is 12.2. The molecular formula is C14H27N3O2. The molecule has 1 aliphatic rings. The van der Waals surface area contributed by atoms with Crippen LogP contribution in [-0.2, 0) is 9.59 Å². The van der Waals surface area contributed by atoms with E-state index in [9.17, 15) is 9.59 Å². The predicted octanol–water partition coefficient (Wildman–Crippen LogP) is 1.01. The van der Waals surface area contributed by atoms with Gasteiger partial charge >= 0.3 is 0 Å². The van der Waals surface area contributed by atoms with E-state index in [0.29, 0.717) is 24.9 Å². The highest BCUT2D eigenvalue weighted by molar-refractivity contribution is 5.83. The molecule has 0 atom stereocenters. The average molecular weight is 269 g/mol. The first-order valence-electron chi connectivity index (χ1n) is 7.34. The van der Waals surface area contributed by atoms with E-state index in [1.165, 1.54) is 0 Å². The number of nitrogens with zero attached hydrogens (tertiary/aromatic N) is 1. The molecular weight excluding hydrogens is 242 g/mol. The van der Waals surface area contributed by atoms with Gasteiger partial charge in [-0.25, -0.2) is 0 Å². The van der Waals surface area contributed by atoms with Gasteiger partial charge in [0.25, 0.3) is 0 Å². The molecule has 1 fully saturated rings. The average Bonchev–Trinajstić information content (AvgIpc) is 2.36. The van der Waals surface area contributed by atoms with Gasteiger partial charge in [0.05, 0.1) is 6.54 Å². The lowest BCUT2D eigenvalue weighted by atomic mass is 9.84. The van der Waals surface area contributed by atoms with Crippen LogP contribution in [-0.4, -0.2) is 35.8 Å². The van der Waals surface area contributed by atoms with Gasteiger partial charge in [-0.05, 0) is 38.0 Å². The Labute approximate surface area is 115 Å². The molecule has 0 spiro atoms. The minimum atomic E-state index is -0.435. The van der Waals surface area contributed by atoms with Crippen molar-refractivity contribution in [3.05, 3.63) is 0 Å². The lowest BCUT2D eigenvalue weighted by molar-refractivity contribution is -0.136. The number of primary amides is 1. The fourth-order valence-corrected chi connectivity index (χ4v) is 2.60. The first-order chi connectivity index (χ1) is 9.02. The Hall–Kier alpha value is -1.10. The van der Waals surface area contributed by atoms with Gasteiger partial charge in [0.1, 0.15) is 0 Å². The number of hydrogen-bond acceptors (Lipinski definition) is 3. The molecule has 5 nitrogen and oxygen atoms in total. The van der Waals surface area contributed by atoms with Crippen molar-refractivity contribution in [1.29, 1.82) is 0 Å². The summed E-state index contributed by atoms with van der Waals surface area (Å²) in [7, 11) is 0. The monoisotopic (exact) mass is 269 g/mol. The second kappa shape index (κ2) is 8.15. The molecule has 0 bridgehead atoms. The smallest absolute Gasteiger partial charge is 0.237 e. The van der Waals surface area contributed by atoms with Crippen molar-refractivity contribution in [1.82, 2.24) is 4.90 Å². The van der Waals surface area contributed by atoms with E-state index in [0.717, 1.165) is 38.5 Å². The molecule has 2 amide bonds. The van der Waals surface area contributed by atoms with Gasteiger partial charge < -0.3 is 16.4 Å². The van der Waals surface area contributed by atoms with E-state index in [1.807, 2.05) is 0 Å². The highest BCUT2D eigenvalue weighted by atomic mass is 16.2. The maximum absolute atomic E-state index is 12.2. The number of carbonyl (C=O) groups is 2. The van der Waals surface area contributed by atoms with Gasteiger partial charge in [-0.15, -0.1) is 0 Å². The Bertz CT molecular complexity index is 299. The minimum Gasteiger partial charge on any atom is -0.368 e. The standard InChI is InChI=1S/C14H27N3O2/c1-2-3-8-17(10-13(16)18)14(19)9-11-4-6-12(15)7-5-11/h11-12H,2-10,15H2,1H3,(H2,16,18). The largest absolute Gasteiger partial charge is 0.368 e. The lowest BCUT2D eigenvalue weighted by Crippen LogP contribution is -2.40. The minimum absolute atomic E-state index is 0.0467. The molecule has 1 rings (SSSR count). The molecule has 1 aliphatic carbocycles.